The normalized spacial score (nSPS) is 20.3. The van der Waals surface area contributed by atoms with Crippen molar-refractivity contribution in [3.8, 4) is 0 Å². The van der Waals surface area contributed by atoms with Gasteiger partial charge in [-0.05, 0) is 18.1 Å². The highest BCUT2D eigenvalue weighted by molar-refractivity contribution is 5.86. The van der Waals surface area contributed by atoms with Gasteiger partial charge in [0.15, 0.2) is 6.10 Å². The van der Waals surface area contributed by atoms with Crippen molar-refractivity contribution in [1.29, 1.82) is 0 Å². The number of benzene rings is 1. The van der Waals surface area contributed by atoms with Gasteiger partial charge in [0.25, 0.3) is 5.91 Å². The van der Waals surface area contributed by atoms with E-state index in [0.717, 1.165) is 17.0 Å². The molecule has 0 aliphatic carbocycles. The summed E-state index contributed by atoms with van der Waals surface area (Å²) in [7, 11) is 3.52. The zero-order valence-electron chi connectivity index (χ0n) is 15.2. The summed E-state index contributed by atoms with van der Waals surface area (Å²) in [5.74, 6) is 0.416. The van der Waals surface area contributed by atoms with E-state index in [1.165, 1.54) is 6.33 Å². The summed E-state index contributed by atoms with van der Waals surface area (Å²) in [4.78, 5) is 30.6. The minimum Gasteiger partial charge on any atom is -0.356 e. The van der Waals surface area contributed by atoms with Gasteiger partial charge < -0.3 is 15.0 Å². The first-order valence-electron chi connectivity index (χ1n) is 8.52. The van der Waals surface area contributed by atoms with E-state index < -0.39 is 12.1 Å². The van der Waals surface area contributed by atoms with E-state index in [4.69, 9.17) is 4.74 Å². The molecule has 1 N–H and O–H groups in total. The van der Waals surface area contributed by atoms with Gasteiger partial charge in [-0.2, -0.15) is 5.10 Å². The van der Waals surface area contributed by atoms with Gasteiger partial charge in [-0.15, -0.1) is 0 Å². The standard InChI is InChI=1S/C18H23N5O3/c1-12-6-4-5-7-13(12)16-17(26-10-15(24)22(16)2)18(25)19-9-8-14-20-11-21-23(14)3/h4-7,11,16-17H,8-10H2,1-3H3,(H,19,25)/t16-,17+/m1/s1. The number of rotatable bonds is 5. The average Bonchev–Trinajstić information content (AvgIpc) is 3.03. The lowest BCUT2D eigenvalue weighted by molar-refractivity contribution is -0.162. The number of ether oxygens (including phenoxy) is 1. The average molecular weight is 357 g/mol. The maximum atomic E-state index is 12.7. The molecule has 26 heavy (non-hydrogen) atoms. The molecule has 1 aliphatic rings. The predicted octanol–water partition coefficient (Wildman–Crippen LogP) is 0.381. The van der Waals surface area contributed by atoms with E-state index in [1.54, 1.807) is 16.6 Å². The molecule has 2 heterocycles. The third-order valence-corrected chi connectivity index (χ3v) is 4.70. The molecule has 0 unspecified atom stereocenters. The van der Waals surface area contributed by atoms with Gasteiger partial charge in [-0.3, -0.25) is 14.3 Å². The molecule has 2 atom stereocenters. The van der Waals surface area contributed by atoms with Gasteiger partial charge >= 0.3 is 0 Å². The summed E-state index contributed by atoms with van der Waals surface area (Å²) in [6.45, 7) is 2.29. The Bertz CT molecular complexity index is 804. The largest absolute Gasteiger partial charge is 0.356 e. The van der Waals surface area contributed by atoms with Crippen LogP contribution in [0.15, 0.2) is 30.6 Å². The van der Waals surface area contributed by atoms with Gasteiger partial charge in [0, 0.05) is 27.1 Å². The molecule has 2 aromatic rings. The Kier molecular flexibility index (Phi) is 5.32. The lowest BCUT2D eigenvalue weighted by atomic mass is 9.94. The molecular weight excluding hydrogens is 334 g/mol. The molecule has 3 rings (SSSR count). The van der Waals surface area contributed by atoms with E-state index >= 15 is 0 Å². The lowest BCUT2D eigenvalue weighted by Crippen LogP contribution is -2.53. The highest BCUT2D eigenvalue weighted by Gasteiger charge is 2.40. The Labute approximate surface area is 152 Å². The molecule has 0 saturated carbocycles. The number of aromatic nitrogens is 3. The maximum Gasteiger partial charge on any atom is 0.251 e. The molecule has 0 radical (unpaired) electrons. The van der Waals surface area contributed by atoms with Crippen molar-refractivity contribution in [3.05, 3.63) is 47.5 Å². The maximum absolute atomic E-state index is 12.7. The van der Waals surface area contributed by atoms with Crippen molar-refractivity contribution in [2.24, 2.45) is 7.05 Å². The van der Waals surface area contributed by atoms with E-state index in [9.17, 15) is 9.59 Å². The third-order valence-electron chi connectivity index (χ3n) is 4.70. The van der Waals surface area contributed by atoms with Gasteiger partial charge in [-0.1, -0.05) is 24.3 Å². The van der Waals surface area contributed by atoms with Crippen LogP contribution in [0.3, 0.4) is 0 Å². The summed E-state index contributed by atoms with van der Waals surface area (Å²) in [5.41, 5.74) is 1.93. The van der Waals surface area contributed by atoms with Crippen molar-refractivity contribution in [3.63, 3.8) is 0 Å². The zero-order valence-corrected chi connectivity index (χ0v) is 15.2. The summed E-state index contributed by atoms with van der Waals surface area (Å²) in [5, 5.41) is 6.90. The second-order valence-corrected chi connectivity index (χ2v) is 6.38. The van der Waals surface area contributed by atoms with E-state index in [-0.39, 0.29) is 18.4 Å². The number of likely N-dealkylation sites (N-methyl/N-ethyl adjacent to an activating group) is 1. The number of morpholine rings is 1. The second kappa shape index (κ2) is 7.65. The Morgan fingerprint density at radius 2 is 2.12 bits per heavy atom. The number of hydrogen-bond acceptors (Lipinski definition) is 5. The second-order valence-electron chi connectivity index (χ2n) is 6.38. The molecule has 1 saturated heterocycles. The number of amides is 2. The van der Waals surface area contributed by atoms with Gasteiger partial charge in [0.1, 0.15) is 18.8 Å². The Balaban J connectivity index is 1.73. The number of hydrogen-bond donors (Lipinski definition) is 1. The molecule has 138 valence electrons. The van der Waals surface area contributed by atoms with E-state index in [0.29, 0.717) is 13.0 Å². The summed E-state index contributed by atoms with van der Waals surface area (Å²) in [6.07, 6.45) is 1.30. The molecule has 0 bridgehead atoms. The quantitative estimate of drug-likeness (QED) is 0.836. The van der Waals surface area contributed by atoms with Crippen LogP contribution in [0.4, 0.5) is 0 Å². The van der Waals surface area contributed by atoms with Crippen molar-refractivity contribution < 1.29 is 14.3 Å². The number of carbonyl (C=O) groups excluding carboxylic acids is 2. The molecule has 1 aromatic carbocycles. The molecular formula is C18H23N5O3. The van der Waals surface area contributed by atoms with Crippen LogP contribution in [0.5, 0.6) is 0 Å². The summed E-state index contributed by atoms with van der Waals surface area (Å²) in [6, 6.07) is 7.27. The van der Waals surface area contributed by atoms with Crippen LogP contribution in [0, 0.1) is 6.92 Å². The van der Waals surface area contributed by atoms with Crippen molar-refractivity contribution in [2.45, 2.75) is 25.5 Å². The van der Waals surface area contributed by atoms with Gasteiger partial charge in [0.05, 0.1) is 6.04 Å². The minimum absolute atomic E-state index is 0.0970. The minimum atomic E-state index is -0.752. The smallest absolute Gasteiger partial charge is 0.251 e. The van der Waals surface area contributed by atoms with E-state index in [1.807, 2.05) is 38.2 Å². The van der Waals surface area contributed by atoms with Crippen LogP contribution in [0.1, 0.15) is 23.0 Å². The Morgan fingerprint density at radius 3 is 2.81 bits per heavy atom. The van der Waals surface area contributed by atoms with E-state index in [2.05, 4.69) is 15.4 Å². The molecule has 1 aromatic heterocycles. The third kappa shape index (κ3) is 3.60. The molecule has 2 amide bonds. The fraction of sp³-hybridized carbons (Fsp3) is 0.444. The zero-order chi connectivity index (χ0) is 18.7. The van der Waals surface area contributed by atoms with Crippen molar-refractivity contribution >= 4 is 11.8 Å². The number of nitrogens with one attached hydrogen (secondary N) is 1. The number of carbonyl (C=O) groups is 2. The van der Waals surface area contributed by atoms with Crippen LogP contribution >= 0.6 is 0 Å². The fourth-order valence-electron chi connectivity index (χ4n) is 3.17. The van der Waals surface area contributed by atoms with Crippen LogP contribution < -0.4 is 5.32 Å². The molecule has 0 spiro atoms. The number of aryl methyl sites for hydroxylation is 2. The monoisotopic (exact) mass is 357 g/mol. The van der Waals surface area contributed by atoms with Crippen LogP contribution in [-0.4, -0.2) is 57.8 Å². The molecule has 1 fully saturated rings. The first-order chi connectivity index (χ1) is 12.5. The van der Waals surface area contributed by atoms with Crippen molar-refractivity contribution in [1.82, 2.24) is 25.0 Å². The lowest BCUT2D eigenvalue weighted by Gasteiger charge is -2.38. The fourth-order valence-corrected chi connectivity index (χ4v) is 3.17. The Hall–Kier alpha value is -2.74. The highest BCUT2D eigenvalue weighted by atomic mass is 16.5. The van der Waals surface area contributed by atoms with Crippen LogP contribution in [-0.2, 0) is 27.8 Å². The van der Waals surface area contributed by atoms with Crippen LogP contribution in [0.25, 0.3) is 0 Å². The molecule has 8 nitrogen and oxygen atoms in total. The molecule has 1 aliphatic heterocycles. The first-order valence-corrected chi connectivity index (χ1v) is 8.52. The van der Waals surface area contributed by atoms with Crippen LogP contribution in [0.2, 0.25) is 0 Å². The first kappa shape index (κ1) is 18.1. The van der Waals surface area contributed by atoms with Crippen molar-refractivity contribution in [2.75, 3.05) is 20.2 Å². The molecule has 8 heteroatoms. The summed E-state index contributed by atoms with van der Waals surface area (Å²) < 4.78 is 7.29. The van der Waals surface area contributed by atoms with Gasteiger partial charge in [0.2, 0.25) is 5.91 Å². The SMILES string of the molecule is Cc1ccccc1[C@@H]1[C@@H](C(=O)NCCc2ncnn2C)OCC(=O)N1C. The predicted molar refractivity (Wildman–Crippen MR) is 94.1 cm³/mol. The Morgan fingerprint density at radius 1 is 1.35 bits per heavy atom. The topological polar surface area (TPSA) is 89.4 Å². The number of nitrogens with zero attached hydrogens (tertiary/aromatic N) is 4. The highest BCUT2D eigenvalue weighted by Crippen LogP contribution is 2.31. The summed E-state index contributed by atoms with van der Waals surface area (Å²) >= 11 is 0. The van der Waals surface area contributed by atoms with Gasteiger partial charge in [-0.25, -0.2) is 4.98 Å².